The Hall–Kier alpha value is -1.88. The molecule has 0 aromatic heterocycles. The van der Waals surface area contributed by atoms with E-state index in [1.54, 1.807) is 32.4 Å². The first-order valence-electron chi connectivity index (χ1n) is 5.59. The van der Waals surface area contributed by atoms with Crippen LogP contribution in [0.15, 0.2) is 24.3 Å². The molecule has 5 heteroatoms. The van der Waals surface area contributed by atoms with Gasteiger partial charge in [0.25, 0.3) is 5.91 Å². The highest BCUT2D eigenvalue weighted by atomic mass is 16.5. The van der Waals surface area contributed by atoms with Gasteiger partial charge in [0.05, 0.1) is 13.0 Å². The summed E-state index contributed by atoms with van der Waals surface area (Å²) in [5, 5.41) is 8.57. The Morgan fingerprint density at radius 3 is 2.72 bits per heavy atom. The Kier molecular flexibility index (Phi) is 5.32. The summed E-state index contributed by atoms with van der Waals surface area (Å²) < 4.78 is 5.00. The average Bonchev–Trinajstić information content (AvgIpc) is 2.35. The van der Waals surface area contributed by atoms with Crippen LogP contribution < -0.4 is 0 Å². The Labute approximate surface area is 106 Å². The summed E-state index contributed by atoms with van der Waals surface area (Å²) >= 11 is 0. The van der Waals surface area contributed by atoms with Crippen molar-refractivity contribution in [1.29, 1.82) is 0 Å². The molecule has 0 aliphatic carbocycles. The van der Waals surface area contributed by atoms with Crippen LogP contribution in [0.2, 0.25) is 0 Å². The molecule has 0 saturated carbocycles. The monoisotopic (exact) mass is 251 g/mol. The first-order chi connectivity index (χ1) is 8.54. The molecule has 0 radical (unpaired) electrons. The minimum atomic E-state index is -0.914. The normalized spacial score (nSPS) is 10.1. The summed E-state index contributed by atoms with van der Waals surface area (Å²) in [6.07, 6.45) is -0.0556. The van der Waals surface area contributed by atoms with Gasteiger partial charge >= 0.3 is 5.97 Å². The van der Waals surface area contributed by atoms with Gasteiger partial charge in [0.2, 0.25) is 0 Å². The largest absolute Gasteiger partial charge is 0.481 e. The number of carboxylic acids is 1. The first-order valence-corrected chi connectivity index (χ1v) is 5.59. The highest BCUT2D eigenvalue weighted by molar-refractivity contribution is 5.94. The van der Waals surface area contributed by atoms with Crippen LogP contribution in [0.25, 0.3) is 0 Å². The number of aliphatic carboxylic acids is 1. The van der Waals surface area contributed by atoms with Crippen molar-refractivity contribution in [2.75, 3.05) is 20.7 Å². The number of ether oxygens (including phenoxy) is 1. The molecule has 98 valence electrons. The number of rotatable bonds is 6. The van der Waals surface area contributed by atoms with Gasteiger partial charge in [0.1, 0.15) is 0 Å². The summed E-state index contributed by atoms with van der Waals surface area (Å²) in [6, 6.07) is 7.12. The lowest BCUT2D eigenvalue weighted by Gasteiger charge is -2.16. The summed E-state index contributed by atoms with van der Waals surface area (Å²) in [5.41, 5.74) is 1.45. The minimum Gasteiger partial charge on any atom is -0.481 e. The molecule has 0 heterocycles. The van der Waals surface area contributed by atoms with Crippen molar-refractivity contribution in [3.8, 4) is 0 Å². The quantitative estimate of drug-likeness (QED) is 0.829. The second kappa shape index (κ2) is 6.76. The second-order valence-electron chi connectivity index (χ2n) is 4.00. The predicted molar refractivity (Wildman–Crippen MR) is 66.4 cm³/mol. The van der Waals surface area contributed by atoms with Crippen LogP contribution in [0.1, 0.15) is 22.3 Å². The zero-order valence-corrected chi connectivity index (χ0v) is 10.5. The highest BCUT2D eigenvalue weighted by Crippen LogP contribution is 2.09. The first kappa shape index (κ1) is 14.2. The van der Waals surface area contributed by atoms with Gasteiger partial charge < -0.3 is 14.7 Å². The molecule has 5 nitrogen and oxygen atoms in total. The standard InChI is InChI=1S/C13H17NO4/c1-14(7-6-12(15)16)13(17)11-5-3-4-10(8-11)9-18-2/h3-5,8H,6-7,9H2,1-2H3,(H,15,16). The Morgan fingerprint density at radius 1 is 1.39 bits per heavy atom. The third-order valence-corrected chi connectivity index (χ3v) is 2.49. The molecule has 0 unspecified atom stereocenters. The zero-order chi connectivity index (χ0) is 13.5. The van der Waals surface area contributed by atoms with Crippen molar-refractivity contribution < 1.29 is 19.4 Å². The number of carbonyl (C=O) groups excluding carboxylic acids is 1. The molecule has 0 spiro atoms. The van der Waals surface area contributed by atoms with E-state index >= 15 is 0 Å². The molecule has 0 bridgehead atoms. The number of amides is 1. The maximum atomic E-state index is 12.0. The van der Waals surface area contributed by atoms with E-state index in [4.69, 9.17) is 9.84 Å². The van der Waals surface area contributed by atoms with Crippen LogP contribution >= 0.6 is 0 Å². The number of hydrogen-bond donors (Lipinski definition) is 1. The van der Waals surface area contributed by atoms with E-state index in [1.165, 1.54) is 4.90 Å². The molecular formula is C13H17NO4. The molecule has 0 aliphatic heterocycles. The lowest BCUT2D eigenvalue weighted by Crippen LogP contribution is -2.29. The van der Waals surface area contributed by atoms with E-state index in [1.807, 2.05) is 6.07 Å². The third-order valence-electron chi connectivity index (χ3n) is 2.49. The predicted octanol–water partition coefficient (Wildman–Crippen LogP) is 1.38. The maximum absolute atomic E-state index is 12.0. The minimum absolute atomic E-state index is 0.0556. The van der Waals surface area contributed by atoms with E-state index in [2.05, 4.69) is 0 Å². The lowest BCUT2D eigenvalue weighted by atomic mass is 10.1. The average molecular weight is 251 g/mol. The SMILES string of the molecule is COCc1cccc(C(=O)N(C)CCC(=O)O)c1. The Balaban J connectivity index is 2.70. The van der Waals surface area contributed by atoms with Gasteiger partial charge in [-0.25, -0.2) is 0 Å². The van der Waals surface area contributed by atoms with E-state index in [0.717, 1.165) is 5.56 Å². The van der Waals surface area contributed by atoms with Crippen molar-refractivity contribution in [3.05, 3.63) is 35.4 Å². The maximum Gasteiger partial charge on any atom is 0.305 e. The van der Waals surface area contributed by atoms with Crippen LogP contribution in [0, 0.1) is 0 Å². The van der Waals surface area contributed by atoms with Gasteiger partial charge in [-0.2, -0.15) is 0 Å². The van der Waals surface area contributed by atoms with Crippen molar-refractivity contribution in [2.45, 2.75) is 13.0 Å². The molecule has 0 atom stereocenters. The summed E-state index contributed by atoms with van der Waals surface area (Å²) in [6.45, 7) is 0.642. The van der Waals surface area contributed by atoms with Crippen LogP contribution in [0.5, 0.6) is 0 Å². The zero-order valence-electron chi connectivity index (χ0n) is 10.5. The number of methoxy groups -OCH3 is 1. The molecule has 0 saturated heterocycles. The fraction of sp³-hybridized carbons (Fsp3) is 0.385. The summed E-state index contributed by atoms with van der Waals surface area (Å²) in [4.78, 5) is 23.9. The van der Waals surface area contributed by atoms with Gasteiger partial charge in [0, 0.05) is 26.3 Å². The van der Waals surface area contributed by atoms with E-state index < -0.39 is 5.97 Å². The molecule has 18 heavy (non-hydrogen) atoms. The summed E-state index contributed by atoms with van der Waals surface area (Å²) in [5.74, 6) is -1.10. The van der Waals surface area contributed by atoms with Crippen molar-refractivity contribution in [2.24, 2.45) is 0 Å². The van der Waals surface area contributed by atoms with Gasteiger partial charge in [0.15, 0.2) is 0 Å². The number of carboxylic acid groups (broad SMARTS) is 1. The smallest absolute Gasteiger partial charge is 0.305 e. The molecule has 1 rings (SSSR count). The lowest BCUT2D eigenvalue weighted by molar-refractivity contribution is -0.137. The number of benzene rings is 1. The number of hydrogen-bond acceptors (Lipinski definition) is 3. The van der Waals surface area contributed by atoms with E-state index in [-0.39, 0.29) is 18.9 Å². The van der Waals surface area contributed by atoms with Gasteiger partial charge in [-0.1, -0.05) is 12.1 Å². The number of carbonyl (C=O) groups is 2. The van der Waals surface area contributed by atoms with Crippen LogP contribution in [0.3, 0.4) is 0 Å². The molecule has 0 fully saturated rings. The van der Waals surface area contributed by atoms with Crippen molar-refractivity contribution >= 4 is 11.9 Å². The molecule has 1 amide bonds. The van der Waals surface area contributed by atoms with E-state index in [9.17, 15) is 9.59 Å². The van der Waals surface area contributed by atoms with Crippen LogP contribution in [0.4, 0.5) is 0 Å². The topological polar surface area (TPSA) is 66.8 Å². The van der Waals surface area contributed by atoms with E-state index in [0.29, 0.717) is 12.2 Å². The van der Waals surface area contributed by atoms with Gasteiger partial charge in [-0.05, 0) is 17.7 Å². The second-order valence-corrected chi connectivity index (χ2v) is 4.00. The Bertz CT molecular complexity index is 431. The van der Waals surface area contributed by atoms with Crippen molar-refractivity contribution in [3.63, 3.8) is 0 Å². The van der Waals surface area contributed by atoms with Crippen LogP contribution in [-0.4, -0.2) is 42.6 Å². The fourth-order valence-corrected chi connectivity index (χ4v) is 1.55. The summed E-state index contributed by atoms with van der Waals surface area (Å²) in [7, 11) is 3.18. The molecular weight excluding hydrogens is 234 g/mol. The van der Waals surface area contributed by atoms with Crippen LogP contribution in [-0.2, 0) is 16.1 Å². The molecule has 0 aliphatic rings. The molecule has 1 aromatic carbocycles. The number of nitrogens with zero attached hydrogens (tertiary/aromatic N) is 1. The highest BCUT2D eigenvalue weighted by Gasteiger charge is 2.12. The van der Waals surface area contributed by atoms with Crippen molar-refractivity contribution in [1.82, 2.24) is 4.90 Å². The third kappa shape index (κ3) is 4.18. The fourth-order valence-electron chi connectivity index (χ4n) is 1.55. The Morgan fingerprint density at radius 2 is 2.11 bits per heavy atom. The van der Waals surface area contributed by atoms with Gasteiger partial charge in [-0.3, -0.25) is 9.59 Å². The molecule has 1 aromatic rings. The van der Waals surface area contributed by atoms with Gasteiger partial charge in [-0.15, -0.1) is 0 Å². The molecule has 1 N–H and O–H groups in total.